The summed E-state index contributed by atoms with van der Waals surface area (Å²) in [6.45, 7) is 16.9. The molecule has 0 aliphatic heterocycles. The maximum Gasteiger partial charge on any atom is 0.268 e. The van der Waals surface area contributed by atoms with E-state index in [0.29, 0.717) is 39.8 Å². The van der Waals surface area contributed by atoms with Gasteiger partial charge in [-0.15, -0.1) is 29.7 Å². The van der Waals surface area contributed by atoms with Gasteiger partial charge < -0.3 is 13.9 Å². The van der Waals surface area contributed by atoms with E-state index in [1.54, 1.807) is 12.3 Å². The molecule has 7 aromatic carbocycles. The third kappa shape index (κ3) is 8.54. The molecule has 6 heteroatoms. The number of ether oxygens (including phenoxy) is 1. The summed E-state index contributed by atoms with van der Waals surface area (Å²) in [6.07, 6.45) is 3.72. The van der Waals surface area contributed by atoms with Gasteiger partial charge in [0.2, 0.25) is 0 Å². The maximum atomic E-state index is 9.19. The van der Waals surface area contributed by atoms with Crippen molar-refractivity contribution in [2.75, 3.05) is 0 Å². The number of benzene rings is 7. The zero-order valence-electron chi connectivity index (χ0n) is 45.3. The Morgan fingerprint density at radius 1 is 0.682 bits per heavy atom. The molecule has 0 radical (unpaired) electrons. The van der Waals surface area contributed by atoms with Gasteiger partial charge >= 0.3 is 0 Å². The average molecular weight is 1050 g/mol. The summed E-state index contributed by atoms with van der Waals surface area (Å²) in [5.41, 5.74) is 9.07. The number of aromatic nitrogens is 4. The van der Waals surface area contributed by atoms with Gasteiger partial charge in [0.15, 0.2) is 0 Å². The molecule has 5 nitrogen and oxygen atoms in total. The van der Waals surface area contributed by atoms with Gasteiger partial charge in [0.05, 0.1) is 23.6 Å². The summed E-state index contributed by atoms with van der Waals surface area (Å²) < 4.78 is 74.4. The van der Waals surface area contributed by atoms with Crippen molar-refractivity contribution >= 4 is 32.8 Å². The van der Waals surface area contributed by atoms with Gasteiger partial charge in [-0.2, -0.15) is 18.2 Å². The van der Waals surface area contributed by atoms with E-state index in [0.717, 1.165) is 55.1 Å². The Morgan fingerprint density at radius 2 is 1.35 bits per heavy atom. The van der Waals surface area contributed by atoms with Crippen LogP contribution in [0, 0.1) is 24.4 Å². The number of fused-ring (bicyclic) bond motifs is 4. The van der Waals surface area contributed by atoms with Gasteiger partial charge in [-0.1, -0.05) is 170 Å². The molecule has 0 saturated carbocycles. The van der Waals surface area contributed by atoms with Crippen LogP contribution < -0.4 is 9.30 Å². The second-order valence-corrected chi connectivity index (χ2v) is 18.9. The van der Waals surface area contributed by atoms with Crippen LogP contribution in [0.4, 0.5) is 0 Å². The van der Waals surface area contributed by atoms with Crippen molar-refractivity contribution in [2.45, 2.75) is 72.6 Å². The van der Waals surface area contributed by atoms with Gasteiger partial charge in [-0.25, -0.2) is 4.98 Å². The van der Waals surface area contributed by atoms with Gasteiger partial charge in [-0.3, -0.25) is 4.57 Å². The minimum Gasteiger partial charge on any atom is -0.510 e. The minimum absolute atomic E-state index is 0. The Balaban J connectivity index is 0.00000656. The Labute approximate surface area is 413 Å². The Morgan fingerprint density at radius 3 is 2.08 bits per heavy atom. The number of pyridine rings is 1. The molecule has 0 unspecified atom stereocenters. The summed E-state index contributed by atoms with van der Waals surface area (Å²) in [5, 5.41) is 1.94. The summed E-state index contributed by atoms with van der Waals surface area (Å²) in [7, 11) is 0. The summed E-state index contributed by atoms with van der Waals surface area (Å²) in [4.78, 5) is 4.73. The zero-order chi connectivity index (χ0) is 51.2. The molecule has 0 N–H and O–H groups in total. The smallest absolute Gasteiger partial charge is 0.268 e. The topological polar surface area (TPSA) is 35.9 Å². The SMILES string of the molecule is [2H]c1c([2H])c([2H])c(-c2cccc(-c3cc(C(C)(C)C)cc(C(C)(C)C)c3)c2-[n+]2[c-]n(-c3[c-]c(Oc4[c-]c5c(cc4)c4ccccc4n5-c4cc(C([2H])([2H])C(C)C)ccn4)ccc3)c3ccccc32)c([2H])c1[2H].[Pt]. The van der Waals surface area contributed by atoms with Crippen LogP contribution in [0.2, 0.25) is 0 Å². The van der Waals surface area contributed by atoms with Crippen LogP contribution >= 0.6 is 0 Å². The van der Waals surface area contributed by atoms with Gasteiger partial charge in [0, 0.05) is 47.0 Å². The first-order chi connectivity index (χ1) is 34.1. The zero-order valence-corrected chi connectivity index (χ0v) is 40.6. The first-order valence-electron chi connectivity index (χ1n) is 25.6. The average Bonchev–Trinajstić information content (AvgIpc) is 3.90. The van der Waals surface area contributed by atoms with E-state index in [9.17, 15) is 2.74 Å². The molecule has 10 rings (SSSR count). The molecule has 10 aromatic rings. The third-order valence-electron chi connectivity index (χ3n) is 11.8. The first-order valence-corrected chi connectivity index (χ1v) is 22.1. The van der Waals surface area contributed by atoms with Crippen LogP contribution in [0.5, 0.6) is 11.5 Å². The normalized spacial score (nSPS) is 13.7. The summed E-state index contributed by atoms with van der Waals surface area (Å²) in [6, 6.07) is 46.5. The van der Waals surface area contributed by atoms with Crippen LogP contribution in [0.1, 0.15) is 81.7 Å². The number of hydrogen-bond donors (Lipinski definition) is 0. The third-order valence-corrected chi connectivity index (χ3v) is 11.8. The fourth-order valence-electron chi connectivity index (χ4n) is 8.54. The van der Waals surface area contributed by atoms with Crippen LogP contribution in [0.3, 0.4) is 0 Å². The number of imidazole rings is 1. The Kier molecular flexibility index (Phi) is 9.82. The molecule has 0 fully saturated rings. The number of nitrogens with zero attached hydrogens (tertiary/aromatic N) is 4. The van der Waals surface area contributed by atoms with E-state index in [2.05, 4.69) is 84.3 Å². The molecule has 3 heterocycles. The first kappa shape index (κ1) is 36.6. The largest absolute Gasteiger partial charge is 0.510 e. The molecule has 0 spiro atoms. The molecular weight excluding hydrogens is 988 g/mol. The van der Waals surface area contributed by atoms with E-state index in [4.69, 9.17) is 16.6 Å². The van der Waals surface area contributed by atoms with Gasteiger partial charge in [0.25, 0.3) is 6.33 Å². The van der Waals surface area contributed by atoms with Gasteiger partial charge in [-0.05, 0) is 91.3 Å². The van der Waals surface area contributed by atoms with Crippen molar-refractivity contribution in [3.63, 3.8) is 0 Å². The fourth-order valence-corrected chi connectivity index (χ4v) is 8.54. The molecule has 0 bridgehead atoms. The van der Waals surface area contributed by atoms with E-state index >= 15 is 0 Å². The number of para-hydroxylation sites is 4. The summed E-state index contributed by atoms with van der Waals surface area (Å²) >= 11 is 0. The molecule has 0 aliphatic rings. The molecular formula is C60H54N4OPt-2. The van der Waals surface area contributed by atoms with Crippen molar-refractivity contribution in [3.05, 3.63) is 199 Å². The predicted molar refractivity (Wildman–Crippen MR) is 267 cm³/mol. The van der Waals surface area contributed by atoms with Crippen molar-refractivity contribution in [1.29, 1.82) is 0 Å². The van der Waals surface area contributed by atoms with Crippen molar-refractivity contribution < 1.29 is 40.0 Å². The predicted octanol–water partition coefficient (Wildman–Crippen LogP) is 14.7. The van der Waals surface area contributed by atoms with Crippen LogP contribution in [0.25, 0.3) is 72.3 Å². The van der Waals surface area contributed by atoms with Crippen molar-refractivity contribution in [3.8, 4) is 50.9 Å². The van der Waals surface area contributed by atoms with E-state index in [1.165, 1.54) is 0 Å². The molecule has 332 valence electrons. The number of hydrogen-bond acceptors (Lipinski definition) is 2. The van der Waals surface area contributed by atoms with Crippen molar-refractivity contribution in [2.24, 2.45) is 5.92 Å². The maximum absolute atomic E-state index is 9.19. The van der Waals surface area contributed by atoms with Crippen LogP contribution in [0.15, 0.2) is 164 Å². The van der Waals surface area contributed by atoms with Gasteiger partial charge in [0.1, 0.15) is 5.82 Å². The van der Waals surface area contributed by atoms with Crippen LogP contribution in [-0.4, -0.2) is 14.1 Å². The fraction of sp³-hybridized carbons (Fsp3) is 0.200. The second kappa shape index (κ2) is 17.7. The quantitative estimate of drug-likeness (QED) is 0.107. The monoisotopic (exact) mass is 1050 g/mol. The molecule has 0 aliphatic carbocycles. The molecule has 66 heavy (non-hydrogen) atoms. The molecule has 0 amide bonds. The molecule has 3 aromatic heterocycles. The standard InChI is InChI=1S/C60H54N4O.Pt/c1-40(2)32-41-30-31-61-57(33-41)64-53-25-13-12-22-51(53)52-29-28-48(38-56(52)64)65-47-21-16-20-46(37-47)62-39-63(55-27-15-14-26-54(55)62)58-49(42-18-10-9-11-19-42)23-17-24-50(58)43-34-44(59(3,4)5)36-45(35-43)60(6,7)8;/h9-31,33-36,40H,32H2,1-8H3;/q-2;/i9D,10D,11D,18D,19D,32D2;. The second-order valence-electron chi connectivity index (χ2n) is 18.9. The van der Waals surface area contributed by atoms with E-state index in [1.807, 2.05) is 125 Å². The van der Waals surface area contributed by atoms with Crippen molar-refractivity contribution in [1.82, 2.24) is 14.1 Å². The van der Waals surface area contributed by atoms with E-state index < -0.39 is 24.5 Å². The summed E-state index contributed by atoms with van der Waals surface area (Å²) in [5.74, 6) is 1.18. The minimum atomic E-state index is -1.57. The van der Waals surface area contributed by atoms with Crippen LogP contribution in [-0.2, 0) is 38.3 Å². The Hall–Kier alpha value is -6.55. The Bertz CT molecular complexity index is 3730. The molecule has 0 saturated heterocycles. The molecule has 0 atom stereocenters. The van der Waals surface area contributed by atoms with E-state index in [-0.39, 0.29) is 55.5 Å². The number of rotatable bonds is 9.